The molecule has 1 aliphatic heterocycles. The predicted octanol–water partition coefficient (Wildman–Crippen LogP) is 0.445. The molecule has 0 aromatic carbocycles. The van der Waals surface area contributed by atoms with Gasteiger partial charge in [0.25, 0.3) is 0 Å². The summed E-state index contributed by atoms with van der Waals surface area (Å²) in [6, 6.07) is 0.185. The normalized spacial score (nSPS) is 34.1. The zero-order valence-electron chi connectivity index (χ0n) is 11.3. The van der Waals surface area contributed by atoms with E-state index in [1.165, 1.54) is 6.42 Å². The fourth-order valence-corrected chi connectivity index (χ4v) is 5.10. The average Bonchev–Trinajstić information content (AvgIpc) is 2.69. The number of nitrogens with one attached hydrogen (secondary N) is 1. The Labute approximate surface area is 115 Å². The van der Waals surface area contributed by atoms with Crippen molar-refractivity contribution in [1.29, 1.82) is 0 Å². The monoisotopic (exact) mass is 288 g/mol. The van der Waals surface area contributed by atoms with Crippen molar-refractivity contribution in [1.82, 2.24) is 5.32 Å². The summed E-state index contributed by atoms with van der Waals surface area (Å²) in [4.78, 5) is 12.0. The number of carbonyl (C=O) groups excluding carboxylic acids is 1. The van der Waals surface area contributed by atoms with Gasteiger partial charge in [-0.15, -0.1) is 0 Å². The Hall–Kier alpha value is -0.620. The van der Waals surface area contributed by atoms with E-state index in [9.17, 15) is 13.2 Å². The third-order valence-corrected chi connectivity index (χ3v) is 6.20. The summed E-state index contributed by atoms with van der Waals surface area (Å²) < 4.78 is 22.7. The van der Waals surface area contributed by atoms with E-state index < -0.39 is 9.84 Å². The first-order valence-corrected chi connectivity index (χ1v) is 9.02. The lowest BCUT2D eigenvalue weighted by atomic mass is 9.84. The first kappa shape index (κ1) is 14.8. The smallest absolute Gasteiger partial charge is 0.220 e. The van der Waals surface area contributed by atoms with Crippen LogP contribution in [0.5, 0.6) is 0 Å². The maximum atomic E-state index is 12.0. The molecular formula is C13H24N2O3S. The number of sulfone groups is 1. The Balaban J connectivity index is 1.80. The van der Waals surface area contributed by atoms with Crippen molar-refractivity contribution >= 4 is 15.7 Å². The molecule has 0 aromatic heterocycles. The van der Waals surface area contributed by atoms with Crippen molar-refractivity contribution in [2.24, 2.45) is 17.6 Å². The van der Waals surface area contributed by atoms with Gasteiger partial charge in [0.05, 0.1) is 11.5 Å². The van der Waals surface area contributed by atoms with E-state index >= 15 is 0 Å². The molecule has 5 nitrogen and oxygen atoms in total. The summed E-state index contributed by atoms with van der Waals surface area (Å²) in [6.07, 6.45) is 5.37. The van der Waals surface area contributed by atoms with Crippen molar-refractivity contribution in [3.63, 3.8) is 0 Å². The van der Waals surface area contributed by atoms with Crippen LogP contribution < -0.4 is 11.1 Å². The van der Waals surface area contributed by atoms with Crippen molar-refractivity contribution in [2.75, 3.05) is 18.1 Å². The Morgan fingerprint density at radius 1 is 1.21 bits per heavy atom. The van der Waals surface area contributed by atoms with Gasteiger partial charge >= 0.3 is 0 Å². The highest BCUT2D eigenvalue weighted by molar-refractivity contribution is 7.91. The molecule has 3 atom stereocenters. The lowest BCUT2D eigenvalue weighted by Gasteiger charge is -2.31. The molecule has 19 heavy (non-hydrogen) atoms. The summed E-state index contributed by atoms with van der Waals surface area (Å²) in [5.74, 6) is 0.785. The second-order valence-electron chi connectivity index (χ2n) is 5.93. The largest absolute Gasteiger partial charge is 0.353 e. The highest BCUT2D eigenvalue weighted by Crippen LogP contribution is 2.25. The number of nitrogens with two attached hydrogens (primary N) is 1. The topological polar surface area (TPSA) is 89.3 Å². The van der Waals surface area contributed by atoms with Crippen LogP contribution in [0.2, 0.25) is 0 Å². The van der Waals surface area contributed by atoms with Crippen LogP contribution in [0.4, 0.5) is 0 Å². The van der Waals surface area contributed by atoms with Crippen LogP contribution in [0.1, 0.15) is 38.5 Å². The van der Waals surface area contributed by atoms with E-state index in [4.69, 9.17) is 5.73 Å². The molecule has 1 aliphatic carbocycles. The van der Waals surface area contributed by atoms with Gasteiger partial charge in [-0.1, -0.05) is 12.8 Å². The summed E-state index contributed by atoms with van der Waals surface area (Å²) in [6.45, 7) is 0.614. The first-order chi connectivity index (χ1) is 9.00. The molecule has 110 valence electrons. The Morgan fingerprint density at radius 2 is 1.95 bits per heavy atom. The van der Waals surface area contributed by atoms with E-state index in [1.807, 2.05) is 0 Å². The van der Waals surface area contributed by atoms with Gasteiger partial charge in [-0.2, -0.15) is 0 Å². The van der Waals surface area contributed by atoms with E-state index in [2.05, 4.69) is 5.32 Å². The zero-order chi connectivity index (χ0) is 13.9. The van der Waals surface area contributed by atoms with Crippen LogP contribution in [0.3, 0.4) is 0 Å². The second kappa shape index (κ2) is 6.22. The molecule has 1 amide bonds. The molecule has 0 spiro atoms. The third-order valence-electron chi connectivity index (χ3n) is 4.36. The van der Waals surface area contributed by atoms with Gasteiger partial charge in [0, 0.05) is 12.5 Å². The molecule has 3 unspecified atom stereocenters. The minimum Gasteiger partial charge on any atom is -0.353 e. The fourth-order valence-electron chi connectivity index (χ4n) is 3.24. The molecule has 1 heterocycles. The van der Waals surface area contributed by atoms with Gasteiger partial charge in [-0.05, 0) is 37.6 Å². The standard InChI is InChI=1S/C13H24N2O3S/c14-8-11-3-1-2-4-12(11)15-13(16)7-10-5-6-19(17,18)9-10/h10-12H,1-9,14H2,(H,15,16). The third kappa shape index (κ3) is 4.18. The van der Waals surface area contributed by atoms with Crippen molar-refractivity contribution in [2.45, 2.75) is 44.6 Å². The molecule has 0 radical (unpaired) electrons. The summed E-state index contributed by atoms with van der Waals surface area (Å²) >= 11 is 0. The minimum atomic E-state index is -2.89. The van der Waals surface area contributed by atoms with E-state index in [1.54, 1.807) is 0 Å². The Morgan fingerprint density at radius 3 is 2.58 bits per heavy atom. The van der Waals surface area contributed by atoms with Crippen LogP contribution in [-0.4, -0.2) is 38.4 Å². The van der Waals surface area contributed by atoms with Gasteiger partial charge in [-0.3, -0.25) is 4.79 Å². The van der Waals surface area contributed by atoms with Crippen LogP contribution in [0, 0.1) is 11.8 Å². The summed E-state index contributed by atoms with van der Waals surface area (Å²) in [5.41, 5.74) is 5.74. The first-order valence-electron chi connectivity index (χ1n) is 7.20. The highest BCUT2D eigenvalue weighted by Gasteiger charge is 2.31. The minimum absolute atomic E-state index is 0.00455. The van der Waals surface area contributed by atoms with Crippen molar-refractivity contribution in [3.8, 4) is 0 Å². The number of carbonyl (C=O) groups is 1. The molecule has 1 saturated heterocycles. The van der Waals surface area contributed by atoms with E-state index in [0.29, 0.717) is 25.3 Å². The molecule has 3 N–H and O–H groups in total. The van der Waals surface area contributed by atoms with Crippen LogP contribution in [0.25, 0.3) is 0 Å². The highest BCUT2D eigenvalue weighted by atomic mass is 32.2. The molecule has 2 rings (SSSR count). The number of hydrogen-bond acceptors (Lipinski definition) is 4. The predicted molar refractivity (Wildman–Crippen MR) is 74.3 cm³/mol. The molecule has 1 saturated carbocycles. The fraction of sp³-hybridized carbons (Fsp3) is 0.923. The van der Waals surface area contributed by atoms with E-state index in [-0.39, 0.29) is 29.4 Å². The maximum Gasteiger partial charge on any atom is 0.220 e. The van der Waals surface area contributed by atoms with Gasteiger partial charge in [0.15, 0.2) is 9.84 Å². The van der Waals surface area contributed by atoms with Crippen molar-refractivity contribution in [3.05, 3.63) is 0 Å². The van der Waals surface area contributed by atoms with Gasteiger partial charge < -0.3 is 11.1 Å². The maximum absolute atomic E-state index is 12.0. The lowest BCUT2D eigenvalue weighted by Crippen LogP contribution is -2.45. The zero-order valence-corrected chi connectivity index (χ0v) is 12.1. The molecule has 0 aromatic rings. The summed E-state index contributed by atoms with van der Waals surface area (Å²) in [5, 5.41) is 3.06. The Kier molecular flexibility index (Phi) is 4.84. The average molecular weight is 288 g/mol. The lowest BCUT2D eigenvalue weighted by molar-refractivity contribution is -0.123. The SMILES string of the molecule is NCC1CCCCC1NC(=O)CC1CCS(=O)(=O)C1. The molecular weight excluding hydrogens is 264 g/mol. The number of hydrogen-bond donors (Lipinski definition) is 2. The van der Waals surface area contributed by atoms with Gasteiger partial charge in [-0.25, -0.2) is 8.42 Å². The van der Waals surface area contributed by atoms with E-state index in [0.717, 1.165) is 19.3 Å². The van der Waals surface area contributed by atoms with Crippen molar-refractivity contribution < 1.29 is 13.2 Å². The second-order valence-corrected chi connectivity index (χ2v) is 8.16. The van der Waals surface area contributed by atoms with Crippen LogP contribution >= 0.6 is 0 Å². The quantitative estimate of drug-likeness (QED) is 0.786. The van der Waals surface area contributed by atoms with Gasteiger partial charge in [0.2, 0.25) is 5.91 Å². The van der Waals surface area contributed by atoms with Crippen LogP contribution in [-0.2, 0) is 14.6 Å². The molecule has 2 fully saturated rings. The molecule has 0 bridgehead atoms. The Bertz CT molecular complexity index is 422. The van der Waals surface area contributed by atoms with Gasteiger partial charge in [0.1, 0.15) is 0 Å². The molecule has 2 aliphatic rings. The number of rotatable bonds is 4. The summed E-state index contributed by atoms with van der Waals surface area (Å²) in [7, 11) is -2.89. The molecule has 6 heteroatoms. The number of amides is 1. The van der Waals surface area contributed by atoms with Crippen LogP contribution in [0.15, 0.2) is 0 Å².